The van der Waals surface area contributed by atoms with Crippen LogP contribution in [0.2, 0.25) is 0 Å². The Bertz CT molecular complexity index is 567. The Hall–Kier alpha value is -1.88. The molecule has 5 nitrogen and oxygen atoms in total. The maximum atomic E-state index is 10.6. The maximum Gasteiger partial charge on any atom is 0.328 e. The number of pyridine rings is 1. The number of aryl methyl sites for hydroxylation is 1. The minimum absolute atomic E-state index is 0.154. The van der Waals surface area contributed by atoms with Gasteiger partial charge in [0.2, 0.25) is 0 Å². The molecule has 5 heteroatoms. The Morgan fingerprint density at radius 1 is 1.57 bits per heavy atom. The maximum absolute atomic E-state index is 10.6. The minimum atomic E-state index is -0.958. The number of morpholine rings is 1. The van der Waals surface area contributed by atoms with Crippen molar-refractivity contribution in [3.05, 3.63) is 29.5 Å². The highest BCUT2D eigenvalue weighted by Gasteiger charge is 2.32. The predicted octanol–water partition coefficient (Wildman–Crippen LogP) is 2.49. The van der Waals surface area contributed by atoms with E-state index in [9.17, 15) is 4.79 Å². The van der Waals surface area contributed by atoms with Crippen molar-refractivity contribution in [2.24, 2.45) is 0 Å². The fraction of sp³-hybridized carbons (Fsp3) is 0.500. The molecule has 0 aliphatic carbocycles. The largest absolute Gasteiger partial charge is 0.478 e. The molecule has 1 N–H and O–H groups in total. The molecule has 21 heavy (non-hydrogen) atoms. The summed E-state index contributed by atoms with van der Waals surface area (Å²) >= 11 is 0. The van der Waals surface area contributed by atoms with Crippen LogP contribution in [0.15, 0.2) is 18.3 Å². The molecule has 0 spiro atoms. The van der Waals surface area contributed by atoms with E-state index in [0.29, 0.717) is 0 Å². The van der Waals surface area contributed by atoms with Crippen molar-refractivity contribution in [2.75, 3.05) is 18.0 Å². The van der Waals surface area contributed by atoms with Crippen molar-refractivity contribution >= 4 is 17.9 Å². The summed E-state index contributed by atoms with van der Waals surface area (Å²) in [5.74, 6) is -0.0221. The van der Waals surface area contributed by atoms with Crippen LogP contribution < -0.4 is 4.90 Å². The van der Waals surface area contributed by atoms with Crippen molar-refractivity contribution in [3.63, 3.8) is 0 Å². The highest BCUT2D eigenvalue weighted by Crippen LogP contribution is 2.27. The van der Waals surface area contributed by atoms with E-state index in [-0.39, 0.29) is 11.7 Å². The monoisotopic (exact) mass is 290 g/mol. The molecule has 2 heterocycles. The van der Waals surface area contributed by atoms with Crippen LogP contribution in [-0.2, 0) is 9.53 Å². The van der Waals surface area contributed by atoms with Crippen LogP contribution in [0.4, 0.5) is 5.82 Å². The SMILES string of the molecule is Cc1cc(/C=C/C(=O)O)cnc1N1CC(C)OC(C)(C)C1. The third-order valence-corrected chi connectivity index (χ3v) is 3.36. The molecule has 0 radical (unpaired) electrons. The van der Waals surface area contributed by atoms with Crippen LogP contribution >= 0.6 is 0 Å². The van der Waals surface area contributed by atoms with Gasteiger partial charge in [0.05, 0.1) is 11.7 Å². The second-order valence-electron chi connectivity index (χ2n) is 6.15. The third kappa shape index (κ3) is 4.04. The number of anilines is 1. The molecule has 114 valence electrons. The van der Waals surface area contributed by atoms with Gasteiger partial charge in [0, 0.05) is 25.4 Å². The Morgan fingerprint density at radius 3 is 2.86 bits per heavy atom. The molecule has 0 amide bonds. The molecule has 1 unspecified atom stereocenters. The molecular formula is C16H22N2O3. The first-order chi connectivity index (χ1) is 9.77. The molecule has 1 atom stereocenters. The van der Waals surface area contributed by atoms with Crippen LogP contribution in [0.25, 0.3) is 6.08 Å². The van der Waals surface area contributed by atoms with Crippen LogP contribution in [-0.4, -0.2) is 40.9 Å². The Kier molecular flexibility index (Phi) is 4.32. The number of rotatable bonds is 3. The van der Waals surface area contributed by atoms with Crippen molar-refractivity contribution in [2.45, 2.75) is 39.4 Å². The van der Waals surface area contributed by atoms with Crippen LogP contribution in [0.3, 0.4) is 0 Å². The summed E-state index contributed by atoms with van der Waals surface area (Å²) in [6.07, 6.45) is 4.53. The van der Waals surface area contributed by atoms with E-state index >= 15 is 0 Å². The second kappa shape index (κ2) is 5.85. The van der Waals surface area contributed by atoms with E-state index in [1.165, 1.54) is 0 Å². The normalized spacial score (nSPS) is 21.7. The fourth-order valence-electron chi connectivity index (χ4n) is 2.79. The topological polar surface area (TPSA) is 62.7 Å². The van der Waals surface area contributed by atoms with Crippen molar-refractivity contribution in [1.29, 1.82) is 0 Å². The lowest BCUT2D eigenvalue weighted by molar-refractivity contribution is -0.131. The van der Waals surface area contributed by atoms with E-state index in [0.717, 1.165) is 36.1 Å². The Labute approximate surface area is 125 Å². The van der Waals surface area contributed by atoms with Crippen LogP contribution in [0.1, 0.15) is 31.9 Å². The highest BCUT2D eigenvalue weighted by atomic mass is 16.5. The average molecular weight is 290 g/mol. The van der Waals surface area contributed by atoms with Crippen molar-refractivity contribution < 1.29 is 14.6 Å². The molecule has 1 aliphatic rings. The number of ether oxygens (including phenoxy) is 1. The van der Waals surface area contributed by atoms with E-state index in [1.807, 2.05) is 13.0 Å². The minimum Gasteiger partial charge on any atom is -0.478 e. The summed E-state index contributed by atoms with van der Waals surface area (Å²) in [5, 5.41) is 8.66. The molecule has 0 saturated carbocycles. The highest BCUT2D eigenvalue weighted by molar-refractivity contribution is 5.85. The molecular weight excluding hydrogens is 268 g/mol. The molecule has 0 aromatic carbocycles. The van der Waals surface area contributed by atoms with Gasteiger partial charge in [0.15, 0.2) is 0 Å². The van der Waals surface area contributed by atoms with Crippen molar-refractivity contribution in [3.8, 4) is 0 Å². The van der Waals surface area contributed by atoms with Gasteiger partial charge in [-0.3, -0.25) is 0 Å². The van der Waals surface area contributed by atoms with E-state index < -0.39 is 5.97 Å². The molecule has 1 aliphatic heterocycles. The molecule has 1 aromatic heterocycles. The molecule has 1 saturated heterocycles. The van der Waals surface area contributed by atoms with Crippen molar-refractivity contribution in [1.82, 2.24) is 4.98 Å². The summed E-state index contributed by atoms with van der Waals surface area (Å²) < 4.78 is 5.91. The first-order valence-corrected chi connectivity index (χ1v) is 7.07. The second-order valence-corrected chi connectivity index (χ2v) is 6.15. The summed E-state index contributed by atoms with van der Waals surface area (Å²) in [7, 11) is 0. The van der Waals surface area contributed by atoms with E-state index in [1.54, 1.807) is 12.3 Å². The van der Waals surface area contributed by atoms with E-state index in [4.69, 9.17) is 9.84 Å². The van der Waals surface area contributed by atoms with Gasteiger partial charge >= 0.3 is 5.97 Å². The summed E-state index contributed by atoms with van der Waals surface area (Å²) in [5.41, 5.74) is 1.62. The third-order valence-electron chi connectivity index (χ3n) is 3.36. The van der Waals surface area contributed by atoms with Crippen LogP contribution in [0, 0.1) is 6.92 Å². The van der Waals surface area contributed by atoms with Gasteiger partial charge < -0.3 is 14.7 Å². The number of carboxylic acid groups (broad SMARTS) is 1. The molecule has 2 rings (SSSR count). The van der Waals surface area contributed by atoms with Gasteiger partial charge in [-0.15, -0.1) is 0 Å². The van der Waals surface area contributed by atoms with Gasteiger partial charge in [-0.1, -0.05) is 0 Å². The molecule has 1 aromatic rings. The van der Waals surface area contributed by atoms with Crippen LogP contribution in [0.5, 0.6) is 0 Å². The number of hydrogen-bond donors (Lipinski definition) is 1. The zero-order valence-electron chi connectivity index (χ0n) is 13.0. The number of hydrogen-bond acceptors (Lipinski definition) is 4. The van der Waals surface area contributed by atoms with Gasteiger partial charge in [0.25, 0.3) is 0 Å². The number of carboxylic acids is 1. The van der Waals surface area contributed by atoms with Gasteiger partial charge in [0.1, 0.15) is 5.82 Å². The Balaban J connectivity index is 2.22. The number of aliphatic carboxylic acids is 1. The smallest absolute Gasteiger partial charge is 0.328 e. The summed E-state index contributed by atoms with van der Waals surface area (Å²) in [4.78, 5) is 17.3. The number of nitrogens with zero attached hydrogens (tertiary/aromatic N) is 2. The lowest BCUT2D eigenvalue weighted by Crippen LogP contribution is -2.52. The first kappa shape index (κ1) is 15.5. The predicted molar refractivity (Wildman–Crippen MR) is 82.5 cm³/mol. The Morgan fingerprint density at radius 2 is 2.29 bits per heavy atom. The zero-order chi connectivity index (χ0) is 15.6. The quantitative estimate of drug-likeness (QED) is 0.867. The lowest BCUT2D eigenvalue weighted by Gasteiger charge is -2.42. The fourth-order valence-corrected chi connectivity index (χ4v) is 2.79. The zero-order valence-corrected chi connectivity index (χ0v) is 13.0. The number of carbonyl (C=O) groups is 1. The molecule has 1 fully saturated rings. The molecule has 0 bridgehead atoms. The standard InChI is InChI=1S/C16H22N2O3/c1-11-7-13(5-6-14(19)20)8-17-15(11)18-9-12(2)21-16(3,4)10-18/h5-8,12H,9-10H2,1-4H3,(H,19,20)/b6-5+. The number of aromatic nitrogens is 1. The van der Waals surface area contributed by atoms with Gasteiger partial charge in [-0.05, 0) is 51.0 Å². The van der Waals surface area contributed by atoms with Gasteiger partial charge in [-0.25, -0.2) is 9.78 Å². The first-order valence-electron chi connectivity index (χ1n) is 7.07. The van der Waals surface area contributed by atoms with E-state index in [2.05, 4.69) is 30.7 Å². The lowest BCUT2D eigenvalue weighted by atomic mass is 10.0. The average Bonchev–Trinajstić information content (AvgIpc) is 2.33. The van der Waals surface area contributed by atoms with Gasteiger partial charge in [-0.2, -0.15) is 0 Å². The summed E-state index contributed by atoms with van der Waals surface area (Å²) in [6, 6.07) is 1.95. The summed E-state index contributed by atoms with van der Waals surface area (Å²) in [6.45, 7) is 9.81.